The van der Waals surface area contributed by atoms with Crippen LogP contribution in [0.25, 0.3) is 0 Å². The van der Waals surface area contributed by atoms with E-state index in [-0.39, 0.29) is 6.03 Å². The maximum absolute atomic E-state index is 12.3. The van der Waals surface area contributed by atoms with Gasteiger partial charge in [0, 0.05) is 32.7 Å². The minimum absolute atomic E-state index is 0.159. The fraction of sp³-hybridized carbons (Fsp3) is 0.600. The van der Waals surface area contributed by atoms with Crippen LogP contribution in [-0.2, 0) is 4.74 Å². The highest BCUT2D eigenvalue weighted by Crippen LogP contribution is 2.23. The molecule has 1 fully saturated rings. The predicted molar refractivity (Wildman–Crippen MR) is 87.5 cm³/mol. The molecule has 2 heterocycles. The highest BCUT2D eigenvalue weighted by molar-refractivity contribution is 7.12. The second kappa shape index (κ2) is 7.60. The summed E-state index contributed by atoms with van der Waals surface area (Å²) in [5.41, 5.74) is 0.520. The first-order valence-corrected chi connectivity index (χ1v) is 8.33. The van der Waals surface area contributed by atoms with Crippen LogP contribution in [0, 0.1) is 5.92 Å². The summed E-state index contributed by atoms with van der Waals surface area (Å²) in [6.45, 7) is 8.64. The van der Waals surface area contributed by atoms with Gasteiger partial charge in [-0.15, -0.1) is 11.3 Å². The molecule has 0 bridgehead atoms. The van der Waals surface area contributed by atoms with Crippen LogP contribution in [0.1, 0.15) is 23.5 Å². The number of amides is 2. The number of hydrogen-bond donors (Lipinski definition) is 1. The van der Waals surface area contributed by atoms with E-state index in [9.17, 15) is 9.59 Å². The molecule has 22 heavy (non-hydrogen) atoms. The van der Waals surface area contributed by atoms with E-state index >= 15 is 0 Å². The number of nitrogens with zero attached hydrogens (tertiary/aromatic N) is 2. The molecule has 0 atom stereocenters. The Morgan fingerprint density at radius 3 is 2.59 bits per heavy atom. The highest BCUT2D eigenvalue weighted by atomic mass is 32.1. The molecule has 0 saturated carbocycles. The fourth-order valence-electron chi connectivity index (χ4n) is 2.50. The van der Waals surface area contributed by atoms with Crippen LogP contribution in [0.5, 0.6) is 0 Å². The Morgan fingerprint density at radius 2 is 2.00 bits per heavy atom. The number of carbonyl (C=O) groups excluding carboxylic acids is 2. The standard InChI is InChI=1S/C15H23N3O3S/c1-11(2)10-17-5-7-18(8-6-17)15(20)16-12-4-9-22-13(12)14(19)21-3/h4,9,11H,5-8,10H2,1-3H3,(H,16,20). The van der Waals surface area contributed by atoms with Crippen molar-refractivity contribution in [2.45, 2.75) is 13.8 Å². The van der Waals surface area contributed by atoms with Crippen molar-refractivity contribution < 1.29 is 14.3 Å². The van der Waals surface area contributed by atoms with Gasteiger partial charge in [-0.1, -0.05) is 13.8 Å². The van der Waals surface area contributed by atoms with E-state index in [1.807, 2.05) is 0 Å². The summed E-state index contributed by atoms with van der Waals surface area (Å²) in [4.78, 5) is 28.5. The maximum atomic E-state index is 12.3. The zero-order chi connectivity index (χ0) is 16.1. The number of urea groups is 1. The zero-order valence-corrected chi connectivity index (χ0v) is 14.1. The van der Waals surface area contributed by atoms with Crippen molar-refractivity contribution in [1.29, 1.82) is 0 Å². The van der Waals surface area contributed by atoms with Gasteiger partial charge in [-0.25, -0.2) is 9.59 Å². The summed E-state index contributed by atoms with van der Waals surface area (Å²) in [5, 5.41) is 4.58. The third kappa shape index (κ3) is 4.20. The van der Waals surface area contributed by atoms with Crippen LogP contribution in [0.15, 0.2) is 11.4 Å². The number of hydrogen-bond acceptors (Lipinski definition) is 5. The number of esters is 1. The van der Waals surface area contributed by atoms with Crippen LogP contribution in [0.4, 0.5) is 10.5 Å². The van der Waals surface area contributed by atoms with Crippen LogP contribution in [0.3, 0.4) is 0 Å². The van der Waals surface area contributed by atoms with Gasteiger partial charge in [0.15, 0.2) is 0 Å². The molecule has 1 aromatic heterocycles. The number of nitrogens with one attached hydrogen (secondary N) is 1. The normalized spacial score (nSPS) is 15.9. The minimum atomic E-state index is -0.424. The Bertz CT molecular complexity index is 522. The Balaban J connectivity index is 1.89. The molecule has 0 radical (unpaired) electrons. The van der Waals surface area contributed by atoms with Crippen LogP contribution in [0.2, 0.25) is 0 Å². The first kappa shape index (κ1) is 16.8. The van der Waals surface area contributed by atoms with Crippen molar-refractivity contribution in [3.63, 3.8) is 0 Å². The van der Waals surface area contributed by atoms with Gasteiger partial charge < -0.3 is 15.0 Å². The molecule has 0 aromatic carbocycles. The molecular weight excluding hydrogens is 302 g/mol. The van der Waals surface area contributed by atoms with Gasteiger partial charge in [0.05, 0.1) is 12.8 Å². The quantitative estimate of drug-likeness (QED) is 0.863. The summed E-state index contributed by atoms with van der Waals surface area (Å²) in [6.07, 6.45) is 0. The van der Waals surface area contributed by atoms with E-state index in [4.69, 9.17) is 4.74 Å². The molecule has 1 N–H and O–H groups in total. The average molecular weight is 325 g/mol. The number of carbonyl (C=O) groups is 2. The third-order valence-electron chi connectivity index (χ3n) is 3.56. The molecule has 2 rings (SSSR count). The molecule has 0 unspecified atom stereocenters. The molecule has 122 valence electrons. The predicted octanol–water partition coefficient (Wildman–Crippen LogP) is 2.34. The van der Waals surface area contributed by atoms with Crippen molar-refractivity contribution >= 4 is 29.0 Å². The summed E-state index contributed by atoms with van der Waals surface area (Å²) in [5.74, 6) is 0.209. The molecule has 1 aromatic rings. The van der Waals surface area contributed by atoms with Crippen LogP contribution in [-0.4, -0.2) is 61.6 Å². The lowest BCUT2D eigenvalue weighted by molar-refractivity contribution is 0.0607. The fourth-order valence-corrected chi connectivity index (χ4v) is 3.27. The van der Waals surface area contributed by atoms with E-state index in [0.29, 0.717) is 29.6 Å². The second-order valence-corrected chi connectivity index (χ2v) is 6.68. The molecule has 0 spiro atoms. The van der Waals surface area contributed by atoms with Crippen LogP contribution < -0.4 is 5.32 Å². The molecule has 6 nitrogen and oxygen atoms in total. The van der Waals surface area contributed by atoms with Gasteiger partial charge in [-0.05, 0) is 17.4 Å². The second-order valence-electron chi connectivity index (χ2n) is 5.77. The van der Waals surface area contributed by atoms with Crippen molar-refractivity contribution in [1.82, 2.24) is 9.80 Å². The smallest absolute Gasteiger partial charge is 0.350 e. The largest absolute Gasteiger partial charge is 0.465 e. The highest BCUT2D eigenvalue weighted by Gasteiger charge is 2.23. The van der Waals surface area contributed by atoms with Crippen molar-refractivity contribution in [3.8, 4) is 0 Å². The average Bonchev–Trinajstić information content (AvgIpc) is 2.94. The van der Waals surface area contributed by atoms with Crippen LogP contribution >= 0.6 is 11.3 Å². The van der Waals surface area contributed by atoms with Gasteiger partial charge in [0.2, 0.25) is 0 Å². The van der Waals surface area contributed by atoms with Crippen molar-refractivity contribution in [2.24, 2.45) is 5.92 Å². The van der Waals surface area contributed by atoms with Crippen molar-refractivity contribution in [3.05, 3.63) is 16.3 Å². The summed E-state index contributed by atoms with van der Waals surface area (Å²) >= 11 is 1.26. The SMILES string of the molecule is COC(=O)c1sccc1NC(=O)N1CCN(CC(C)C)CC1. The number of ether oxygens (including phenoxy) is 1. The Morgan fingerprint density at radius 1 is 1.32 bits per heavy atom. The lowest BCUT2D eigenvalue weighted by Gasteiger charge is -2.35. The number of rotatable bonds is 4. The molecule has 1 saturated heterocycles. The first-order chi connectivity index (χ1) is 10.5. The van der Waals surface area contributed by atoms with Gasteiger partial charge in [0.1, 0.15) is 4.88 Å². The Hall–Kier alpha value is -1.60. The Kier molecular flexibility index (Phi) is 5.79. The molecule has 1 aliphatic rings. The molecule has 7 heteroatoms. The van der Waals surface area contributed by atoms with E-state index in [1.165, 1.54) is 18.4 Å². The van der Waals surface area contributed by atoms with Gasteiger partial charge in [-0.2, -0.15) is 0 Å². The lowest BCUT2D eigenvalue weighted by atomic mass is 10.2. The van der Waals surface area contributed by atoms with Gasteiger partial charge in [-0.3, -0.25) is 4.90 Å². The zero-order valence-electron chi connectivity index (χ0n) is 13.3. The van der Waals surface area contributed by atoms with E-state index in [0.717, 1.165) is 19.6 Å². The molecule has 2 amide bonds. The number of piperazine rings is 1. The molecule has 1 aliphatic heterocycles. The Labute approximate surface area is 135 Å². The monoisotopic (exact) mass is 325 g/mol. The minimum Gasteiger partial charge on any atom is -0.465 e. The number of methoxy groups -OCH3 is 1. The van der Waals surface area contributed by atoms with Crippen molar-refractivity contribution in [2.75, 3.05) is 45.2 Å². The summed E-state index contributed by atoms with van der Waals surface area (Å²) in [6, 6.07) is 1.57. The number of thiophene rings is 1. The topological polar surface area (TPSA) is 61.9 Å². The maximum Gasteiger partial charge on any atom is 0.350 e. The third-order valence-corrected chi connectivity index (χ3v) is 4.45. The van der Waals surface area contributed by atoms with E-state index in [2.05, 4.69) is 24.1 Å². The van der Waals surface area contributed by atoms with Gasteiger partial charge in [0.25, 0.3) is 0 Å². The molecular formula is C15H23N3O3S. The summed E-state index contributed by atoms with van der Waals surface area (Å²) in [7, 11) is 1.33. The van der Waals surface area contributed by atoms with E-state index in [1.54, 1.807) is 16.3 Å². The van der Waals surface area contributed by atoms with Gasteiger partial charge >= 0.3 is 12.0 Å². The van der Waals surface area contributed by atoms with E-state index < -0.39 is 5.97 Å². The molecule has 0 aliphatic carbocycles. The summed E-state index contributed by atoms with van der Waals surface area (Å²) < 4.78 is 4.71. The lowest BCUT2D eigenvalue weighted by Crippen LogP contribution is -2.50. The first-order valence-electron chi connectivity index (χ1n) is 7.45. The number of anilines is 1.